The van der Waals surface area contributed by atoms with Gasteiger partial charge in [-0.3, -0.25) is 9.40 Å². The van der Waals surface area contributed by atoms with Gasteiger partial charge in [0.2, 0.25) is 0 Å². The van der Waals surface area contributed by atoms with E-state index in [-0.39, 0.29) is 4.90 Å². The first-order valence-electron chi connectivity index (χ1n) is 7.91. The van der Waals surface area contributed by atoms with E-state index in [1.807, 2.05) is 13.8 Å². The van der Waals surface area contributed by atoms with E-state index in [0.29, 0.717) is 29.5 Å². The van der Waals surface area contributed by atoms with Crippen LogP contribution in [0.2, 0.25) is 0 Å². The van der Waals surface area contributed by atoms with Gasteiger partial charge < -0.3 is 4.42 Å². The molecule has 0 bridgehead atoms. The van der Waals surface area contributed by atoms with Gasteiger partial charge in [-0.25, -0.2) is 13.4 Å². The van der Waals surface area contributed by atoms with E-state index in [9.17, 15) is 8.42 Å². The van der Waals surface area contributed by atoms with Crippen LogP contribution in [0.1, 0.15) is 24.2 Å². The van der Waals surface area contributed by atoms with Crippen LogP contribution < -0.4 is 4.72 Å². The molecule has 3 rings (SSSR count). The van der Waals surface area contributed by atoms with Crippen LogP contribution in [0.15, 0.2) is 39.8 Å². The Hall–Kier alpha value is -2.61. The monoisotopic (exact) mass is 360 g/mol. The molecule has 1 aromatic carbocycles. The Bertz CT molecular complexity index is 1000. The van der Waals surface area contributed by atoms with Gasteiger partial charge in [0, 0.05) is 19.0 Å². The maximum absolute atomic E-state index is 12.7. The lowest BCUT2D eigenvalue weighted by molar-refractivity contribution is 0.521. The molecule has 0 radical (unpaired) electrons. The predicted octanol–water partition coefficient (Wildman–Crippen LogP) is 3.28. The number of nitrogens with one attached hydrogen (secondary N) is 1. The Kier molecular flexibility index (Phi) is 4.38. The van der Waals surface area contributed by atoms with Crippen molar-refractivity contribution in [1.29, 1.82) is 0 Å². The maximum Gasteiger partial charge on any atom is 0.262 e. The zero-order valence-corrected chi connectivity index (χ0v) is 15.4. The van der Waals surface area contributed by atoms with E-state index in [1.54, 1.807) is 49.1 Å². The zero-order chi connectivity index (χ0) is 18.2. The van der Waals surface area contributed by atoms with Crippen molar-refractivity contribution in [3.63, 3.8) is 0 Å². The second kappa shape index (κ2) is 6.36. The molecule has 0 saturated heterocycles. The highest BCUT2D eigenvalue weighted by Crippen LogP contribution is 2.25. The minimum absolute atomic E-state index is 0.180. The van der Waals surface area contributed by atoms with Crippen LogP contribution in [0.25, 0.3) is 11.3 Å². The number of hydrogen-bond donors (Lipinski definition) is 1. The van der Waals surface area contributed by atoms with E-state index >= 15 is 0 Å². The number of nitrogens with zero attached hydrogens (tertiary/aromatic N) is 3. The molecule has 1 N–H and O–H groups in total. The minimum atomic E-state index is -3.69. The average Bonchev–Trinajstić information content (AvgIpc) is 3.13. The number of aryl methyl sites for hydroxylation is 3. The lowest BCUT2D eigenvalue weighted by Crippen LogP contribution is -2.14. The smallest absolute Gasteiger partial charge is 0.262 e. The topological polar surface area (TPSA) is 90.0 Å². The molecule has 8 heteroatoms. The lowest BCUT2D eigenvalue weighted by atomic mass is 10.2. The van der Waals surface area contributed by atoms with Crippen molar-refractivity contribution in [2.24, 2.45) is 0 Å². The van der Waals surface area contributed by atoms with Crippen LogP contribution in [0.5, 0.6) is 0 Å². The first-order valence-corrected chi connectivity index (χ1v) is 9.39. The number of rotatable bonds is 5. The van der Waals surface area contributed by atoms with E-state index < -0.39 is 10.0 Å². The van der Waals surface area contributed by atoms with Crippen LogP contribution in [0.3, 0.4) is 0 Å². The predicted molar refractivity (Wildman–Crippen MR) is 94.9 cm³/mol. The fourth-order valence-electron chi connectivity index (χ4n) is 2.65. The van der Waals surface area contributed by atoms with Crippen LogP contribution >= 0.6 is 0 Å². The number of anilines is 1. The summed E-state index contributed by atoms with van der Waals surface area (Å²) < 4.78 is 34.9. The quantitative estimate of drug-likeness (QED) is 0.754. The van der Waals surface area contributed by atoms with Gasteiger partial charge in [0.25, 0.3) is 10.0 Å². The first kappa shape index (κ1) is 17.2. The molecule has 0 saturated carbocycles. The Morgan fingerprint density at radius 1 is 1.16 bits per heavy atom. The second-order valence-corrected chi connectivity index (χ2v) is 7.43. The minimum Gasteiger partial charge on any atom is -0.449 e. The highest BCUT2D eigenvalue weighted by atomic mass is 32.2. The van der Waals surface area contributed by atoms with Gasteiger partial charge in [0.1, 0.15) is 12.0 Å². The fraction of sp³-hybridized carbons (Fsp3) is 0.294. The Labute approximate surface area is 146 Å². The molecule has 0 aliphatic heterocycles. The highest BCUT2D eigenvalue weighted by Gasteiger charge is 2.20. The molecule has 0 unspecified atom stereocenters. The van der Waals surface area contributed by atoms with E-state index in [1.165, 1.54) is 0 Å². The number of aromatic nitrogens is 3. The second-order valence-electron chi connectivity index (χ2n) is 5.74. The summed E-state index contributed by atoms with van der Waals surface area (Å²) >= 11 is 0. The molecule has 2 aromatic heterocycles. The summed E-state index contributed by atoms with van der Waals surface area (Å²) in [6, 6.07) is 6.52. The van der Waals surface area contributed by atoms with E-state index in [2.05, 4.69) is 14.8 Å². The molecule has 0 amide bonds. The van der Waals surface area contributed by atoms with Crippen LogP contribution in [-0.4, -0.2) is 23.2 Å². The molecule has 0 aliphatic carbocycles. The molecule has 132 valence electrons. The van der Waals surface area contributed by atoms with Gasteiger partial charge in [0.15, 0.2) is 5.89 Å². The Morgan fingerprint density at radius 3 is 2.36 bits per heavy atom. The highest BCUT2D eigenvalue weighted by molar-refractivity contribution is 7.92. The van der Waals surface area contributed by atoms with Crippen molar-refractivity contribution in [2.45, 2.75) is 39.1 Å². The van der Waals surface area contributed by atoms with Crippen LogP contribution in [-0.2, 0) is 16.6 Å². The summed E-state index contributed by atoms with van der Waals surface area (Å²) in [4.78, 5) is 4.41. The van der Waals surface area contributed by atoms with Crippen molar-refractivity contribution in [2.75, 3.05) is 4.72 Å². The van der Waals surface area contributed by atoms with Gasteiger partial charge >= 0.3 is 0 Å². The van der Waals surface area contributed by atoms with Gasteiger partial charge in [-0.15, -0.1) is 0 Å². The normalized spacial score (nSPS) is 11.7. The third kappa shape index (κ3) is 3.30. The zero-order valence-electron chi connectivity index (χ0n) is 14.6. The Morgan fingerprint density at radius 2 is 1.84 bits per heavy atom. The summed E-state index contributed by atoms with van der Waals surface area (Å²) in [6.45, 7) is 8.03. The molecular weight excluding hydrogens is 340 g/mol. The molecule has 7 nitrogen and oxygen atoms in total. The largest absolute Gasteiger partial charge is 0.449 e. The van der Waals surface area contributed by atoms with Crippen LogP contribution in [0.4, 0.5) is 5.69 Å². The SMILES string of the molecule is CCn1nc(C)c(NS(=O)(=O)c2ccc(-c3coc(C)n3)cc2)c1C. The van der Waals surface area contributed by atoms with Crippen molar-refractivity contribution < 1.29 is 12.8 Å². The summed E-state index contributed by atoms with van der Waals surface area (Å²) in [5.41, 5.74) is 3.43. The van der Waals surface area contributed by atoms with Crippen molar-refractivity contribution in [1.82, 2.24) is 14.8 Å². The third-order valence-electron chi connectivity index (χ3n) is 4.00. The number of sulfonamides is 1. The molecular formula is C17H20N4O3S. The standard InChI is InChI=1S/C17H20N4O3S/c1-5-21-12(3)17(11(2)19-21)20-25(22,23)15-8-6-14(7-9-15)16-10-24-13(4)18-16/h6-10,20H,5H2,1-4H3. The first-order chi connectivity index (χ1) is 11.8. The number of oxazole rings is 1. The maximum atomic E-state index is 12.7. The summed E-state index contributed by atoms with van der Waals surface area (Å²) in [6.07, 6.45) is 1.54. The molecule has 0 spiro atoms. The van der Waals surface area contributed by atoms with Crippen molar-refractivity contribution >= 4 is 15.7 Å². The average molecular weight is 360 g/mol. The number of benzene rings is 1. The van der Waals surface area contributed by atoms with Crippen molar-refractivity contribution in [3.05, 3.63) is 47.8 Å². The summed E-state index contributed by atoms with van der Waals surface area (Å²) in [5.74, 6) is 0.562. The van der Waals surface area contributed by atoms with Gasteiger partial charge in [-0.2, -0.15) is 5.10 Å². The molecule has 0 aliphatic rings. The molecule has 25 heavy (non-hydrogen) atoms. The van der Waals surface area contributed by atoms with E-state index in [0.717, 1.165) is 11.3 Å². The summed E-state index contributed by atoms with van der Waals surface area (Å²) in [5, 5.41) is 4.33. The van der Waals surface area contributed by atoms with Gasteiger partial charge in [0.05, 0.1) is 22.0 Å². The lowest BCUT2D eigenvalue weighted by Gasteiger charge is -2.09. The molecule has 0 fully saturated rings. The number of hydrogen-bond acceptors (Lipinski definition) is 5. The van der Waals surface area contributed by atoms with E-state index in [4.69, 9.17) is 4.42 Å². The fourth-order valence-corrected chi connectivity index (χ4v) is 3.82. The van der Waals surface area contributed by atoms with Crippen LogP contribution in [0, 0.1) is 20.8 Å². The molecule has 2 heterocycles. The summed E-state index contributed by atoms with van der Waals surface area (Å²) in [7, 11) is -3.69. The molecule has 3 aromatic rings. The Balaban J connectivity index is 1.89. The third-order valence-corrected chi connectivity index (χ3v) is 5.36. The van der Waals surface area contributed by atoms with Crippen molar-refractivity contribution in [3.8, 4) is 11.3 Å². The van der Waals surface area contributed by atoms with Gasteiger partial charge in [-0.05, 0) is 32.9 Å². The molecule has 0 atom stereocenters. The van der Waals surface area contributed by atoms with Gasteiger partial charge in [-0.1, -0.05) is 12.1 Å².